The number of pyridine rings is 1. The zero-order chi connectivity index (χ0) is 19.9. The monoisotopic (exact) mass is 378 g/mol. The third kappa shape index (κ3) is 4.45. The van der Waals surface area contributed by atoms with E-state index in [1.807, 2.05) is 30.3 Å². The molecule has 0 spiro atoms. The van der Waals surface area contributed by atoms with E-state index in [9.17, 15) is 14.4 Å². The number of hydrogen-bond acceptors (Lipinski definition) is 5. The van der Waals surface area contributed by atoms with Gasteiger partial charge in [-0.05, 0) is 35.9 Å². The van der Waals surface area contributed by atoms with Gasteiger partial charge in [-0.25, -0.2) is 9.59 Å². The van der Waals surface area contributed by atoms with Crippen molar-refractivity contribution in [3.63, 3.8) is 0 Å². The summed E-state index contributed by atoms with van der Waals surface area (Å²) < 4.78 is 11.2. The molecular formula is C21H18N2O5. The molecule has 3 aromatic rings. The van der Waals surface area contributed by atoms with Gasteiger partial charge in [0.05, 0.1) is 12.7 Å². The van der Waals surface area contributed by atoms with E-state index in [4.69, 9.17) is 9.47 Å². The SMILES string of the molecule is COC(=O)c1cccc(-n2cccc(NC(=O)OCc3ccccc3)c2=O)c1. The van der Waals surface area contributed by atoms with Gasteiger partial charge in [-0.1, -0.05) is 36.4 Å². The van der Waals surface area contributed by atoms with Gasteiger partial charge in [0.1, 0.15) is 12.3 Å². The number of aromatic nitrogens is 1. The molecule has 7 nitrogen and oxygen atoms in total. The molecule has 0 saturated carbocycles. The molecule has 0 radical (unpaired) electrons. The molecule has 2 aromatic carbocycles. The van der Waals surface area contributed by atoms with E-state index < -0.39 is 17.6 Å². The standard InChI is InChI=1S/C21H18N2O5/c1-27-20(25)16-9-5-10-17(13-16)23-12-6-11-18(19(23)24)22-21(26)28-14-15-7-3-2-4-8-15/h2-13H,14H2,1H3,(H,22,26). The van der Waals surface area contributed by atoms with Crippen LogP contribution in [0.2, 0.25) is 0 Å². The summed E-state index contributed by atoms with van der Waals surface area (Å²) in [6, 6.07) is 18.7. The zero-order valence-electron chi connectivity index (χ0n) is 15.1. The highest BCUT2D eigenvalue weighted by molar-refractivity contribution is 5.90. The number of esters is 1. The summed E-state index contributed by atoms with van der Waals surface area (Å²) in [7, 11) is 1.28. The highest BCUT2D eigenvalue weighted by atomic mass is 16.5. The largest absolute Gasteiger partial charge is 0.465 e. The van der Waals surface area contributed by atoms with Crippen LogP contribution in [-0.2, 0) is 16.1 Å². The lowest BCUT2D eigenvalue weighted by atomic mass is 10.2. The van der Waals surface area contributed by atoms with Crippen LogP contribution < -0.4 is 10.9 Å². The summed E-state index contributed by atoms with van der Waals surface area (Å²) in [5, 5.41) is 2.45. The Morgan fingerprint density at radius 1 is 1.00 bits per heavy atom. The highest BCUT2D eigenvalue weighted by Gasteiger charge is 2.11. The van der Waals surface area contributed by atoms with E-state index in [1.165, 1.54) is 23.8 Å². The summed E-state index contributed by atoms with van der Waals surface area (Å²) in [5.74, 6) is -0.506. The molecule has 0 aliphatic carbocycles. The average Bonchev–Trinajstić information content (AvgIpc) is 2.74. The Morgan fingerprint density at radius 3 is 2.54 bits per heavy atom. The number of nitrogens with zero attached hydrogens (tertiary/aromatic N) is 1. The quantitative estimate of drug-likeness (QED) is 0.688. The molecule has 0 aliphatic heterocycles. The van der Waals surface area contributed by atoms with Crippen molar-refractivity contribution in [3.8, 4) is 5.69 Å². The maximum absolute atomic E-state index is 12.7. The van der Waals surface area contributed by atoms with Gasteiger partial charge in [0.25, 0.3) is 5.56 Å². The Labute approximate surface area is 161 Å². The first-order valence-electron chi connectivity index (χ1n) is 8.46. The van der Waals surface area contributed by atoms with Crippen molar-refractivity contribution in [2.75, 3.05) is 12.4 Å². The zero-order valence-corrected chi connectivity index (χ0v) is 15.1. The molecule has 7 heteroatoms. The lowest BCUT2D eigenvalue weighted by Crippen LogP contribution is -2.25. The fraction of sp³-hybridized carbons (Fsp3) is 0.0952. The molecule has 1 heterocycles. The molecule has 1 N–H and O–H groups in total. The predicted molar refractivity (Wildman–Crippen MR) is 104 cm³/mol. The molecule has 0 unspecified atom stereocenters. The van der Waals surface area contributed by atoms with Crippen LogP contribution in [0.4, 0.5) is 10.5 Å². The smallest absolute Gasteiger partial charge is 0.412 e. The minimum atomic E-state index is -0.734. The van der Waals surface area contributed by atoms with Gasteiger partial charge in [0.2, 0.25) is 0 Å². The van der Waals surface area contributed by atoms with Crippen LogP contribution in [0.15, 0.2) is 77.7 Å². The van der Waals surface area contributed by atoms with E-state index in [2.05, 4.69) is 5.32 Å². The number of hydrogen-bond donors (Lipinski definition) is 1. The van der Waals surface area contributed by atoms with Crippen molar-refractivity contribution in [3.05, 3.63) is 94.4 Å². The van der Waals surface area contributed by atoms with Crippen LogP contribution in [-0.4, -0.2) is 23.7 Å². The molecule has 1 amide bonds. The first kappa shape index (κ1) is 18.9. The summed E-state index contributed by atoms with van der Waals surface area (Å²) in [4.78, 5) is 36.4. The van der Waals surface area contributed by atoms with Gasteiger partial charge in [-0.15, -0.1) is 0 Å². The normalized spacial score (nSPS) is 10.2. The predicted octanol–water partition coefficient (Wildman–Crippen LogP) is 3.37. The highest BCUT2D eigenvalue weighted by Crippen LogP contribution is 2.12. The Morgan fingerprint density at radius 2 is 1.79 bits per heavy atom. The van der Waals surface area contributed by atoms with E-state index in [1.54, 1.807) is 30.5 Å². The molecular weight excluding hydrogens is 360 g/mol. The van der Waals surface area contributed by atoms with Gasteiger partial charge in [-0.2, -0.15) is 0 Å². The molecule has 0 fully saturated rings. The number of carbonyl (C=O) groups excluding carboxylic acids is 2. The fourth-order valence-electron chi connectivity index (χ4n) is 2.56. The molecule has 0 aliphatic rings. The summed E-state index contributed by atoms with van der Waals surface area (Å²) in [6.07, 6.45) is 0.807. The summed E-state index contributed by atoms with van der Waals surface area (Å²) in [6.45, 7) is 0.0921. The van der Waals surface area contributed by atoms with E-state index in [0.29, 0.717) is 11.3 Å². The van der Waals surface area contributed by atoms with Crippen molar-refractivity contribution in [1.29, 1.82) is 0 Å². The Kier molecular flexibility index (Phi) is 5.86. The van der Waals surface area contributed by atoms with Gasteiger partial charge < -0.3 is 9.47 Å². The Bertz CT molecular complexity index is 1040. The van der Waals surface area contributed by atoms with Crippen LogP contribution >= 0.6 is 0 Å². The number of ether oxygens (including phenoxy) is 2. The summed E-state index contributed by atoms with van der Waals surface area (Å²) >= 11 is 0. The van der Waals surface area contributed by atoms with Crippen molar-refractivity contribution in [1.82, 2.24) is 4.57 Å². The van der Waals surface area contributed by atoms with Crippen molar-refractivity contribution >= 4 is 17.7 Å². The van der Waals surface area contributed by atoms with Gasteiger partial charge in [0.15, 0.2) is 0 Å². The van der Waals surface area contributed by atoms with Gasteiger partial charge >= 0.3 is 12.1 Å². The average molecular weight is 378 g/mol. The van der Waals surface area contributed by atoms with Crippen LogP contribution in [0.3, 0.4) is 0 Å². The number of anilines is 1. The fourth-order valence-corrected chi connectivity index (χ4v) is 2.56. The first-order chi connectivity index (χ1) is 13.6. The minimum Gasteiger partial charge on any atom is -0.465 e. The number of rotatable bonds is 5. The molecule has 28 heavy (non-hydrogen) atoms. The third-order valence-electron chi connectivity index (χ3n) is 3.94. The van der Waals surface area contributed by atoms with Crippen molar-refractivity contribution in [2.45, 2.75) is 6.61 Å². The van der Waals surface area contributed by atoms with Crippen molar-refractivity contribution in [2.24, 2.45) is 0 Å². The van der Waals surface area contributed by atoms with E-state index in [-0.39, 0.29) is 12.3 Å². The number of methoxy groups -OCH3 is 1. The molecule has 0 saturated heterocycles. The molecule has 0 bridgehead atoms. The molecule has 3 rings (SSSR count). The van der Waals surface area contributed by atoms with Gasteiger partial charge in [-0.3, -0.25) is 14.7 Å². The van der Waals surface area contributed by atoms with Crippen molar-refractivity contribution < 1.29 is 19.1 Å². The topological polar surface area (TPSA) is 86.6 Å². The van der Waals surface area contributed by atoms with Crippen LogP contribution in [0.5, 0.6) is 0 Å². The second-order valence-corrected chi connectivity index (χ2v) is 5.83. The number of benzene rings is 2. The Balaban J connectivity index is 1.77. The number of nitrogens with one attached hydrogen (secondary N) is 1. The third-order valence-corrected chi connectivity index (χ3v) is 3.94. The van der Waals surface area contributed by atoms with Crippen LogP contribution in [0.1, 0.15) is 15.9 Å². The van der Waals surface area contributed by atoms with E-state index in [0.717, 1.165) is 5.56 Å². The Hall–Kier alpha value is -3.87. The second-order valence-electron chi connectivity index (χ2n) is 5.83. The maximum Gasteiger partial charge on any atom is 0.412 e. The lowest BCUT2D eigenvalue weighted by molar-refractivity contribution is 0.0600. The molecule has 0 atom stereocenters. The number of amides is 1. The van der Waals surface area contributed by atoms with E-state index >= 15 is 0 Å². The minimum absolute atomic E-state index is 0.0593. The summed E-state index contributed by atoms with van der Waals surface area (Å²) in [5.41, 5.74) is 1.22. The molecule has 1 aromatic heterocycles. The van der Waals surface area contributed by atoms with Gasteiger partial charge in [0, 0.05) is 11.9 Å². The van der Waals surface area contributed by atoms with Crippen LogP contribution in [0, 0.1) is 0 Å². The lowest BCUT2D eigenvalue weighted by Gasteiger charge is -2.10. The maximum atomic E-state index is 12.7. The van der Waals surface area contributed by atoms with Crippen LogP contribution in [0.25, 0.3) is 5.69 Å². The second kappa shape index (κ2) is 8.68. The first-order valence-corrected chi connectivity index (χ1v) is 8.46. The number of carbonyl (C=O) groups is 2. The molecule has 142 valence electrons.